The van der Waals surface area contributed by atoms with E-state index in [4.69, 9.17) is 4.74 Å². The lowest BCUT2D eigenvalue weighted by molar-refractivity contribution is 0.194. The molecule has 178 valence electrons. The van der Waals surface area contributed by atoms with Crippen LogP contribution in [0.4, 0.5) is 25.0 Å². The number of halogens is 2. The van der Waals surface area contributed by atoms with Gasteiger partial charge in [0.15, 0.2) is 0 Å². The molecular formula is C25H27F2N5O2. The van der Waals surface area contributed by atoms with Crippen molar-refractivity contribution in [3.63, 3.8) is 0 Å². The third-order valence-electron chi connectivity index (χ3n) is 6.72. The molecule has 5 rings (SSSR count). The second-order valence-corrected chi connectivity index (χ2v) is 8.80. The van der Waals surface area contributed by atoms with E-state index in [0.29, 0.717) is 30.1 Å². The van der Waals surface area contributed by atoms with E-state index in [1.54, 1.807) is 23.0 Å². The summed E-state index contributed by atoms with van der Waals surface area (Å²) < 4.78 is 34.9. The summed E-state index contributed by atoms with van der Waals surface area (Å²) in [6.45, 7) is 1.47. The van der Waals surface area contributed by atoms with Crippen molar-refractivity contribution in [1.82, 2.24) is 14.7 Å². The van der Waals surface area contributed by atoms with Crippen LogP contribution in [0, 0.1) is 11.6 Å². The van der Waals surface area contributed by atoms with Gasteiger partial charge in [0, 0.05) is 49.2 Å². The minimum absolute atomic E-state index is 0.110. The van der Waals surface area contributed by atoms with Crippen LogP contribution in [0.2, 0.25) is 0 Å². The van der Waals surface area contributed by atoms with Crippen LogP contribution in [0.1, 0.15) is 25.7 Å². The van der Waals surface area contributed by atoms with Crippen LogP contribution in [0.5, 0.6) is 5.75 Å². The van der Waals surface area contributed by atoms with Gasteiger partial charge in [-0.1, -0.05) is 0 Å². The Morgan fingerprint density at radius 1 is 1.06 bits per heavy atom. The monoisotopic (exact) mass is 467 g/mol. The first kappa shape index (κ1) is 22.3. The van der Waals surface area contributed by atoms with E-state index >= 15 is 0 Å². The van der Waals surface area contributed by atoms with Gasteiger partial charge >= 0.3 is 6.03 Å². The number of nitrogens with one attached hydrogen (secondary N) is 2. The van der Waals surface area contributed by atoms with Gasteiger partial charge in [0.25, 0.3) is 0 Å². The van der Waals surface area contributed by atoms with Crippen molar-refractivity contribution in [2.24, 2.45) is 7.05 Å². The molecule has 0 unspecified atom stereocenters. The van der Waals surface area contributed by atoms with Gasteiger partial charge in [-0.05, 0) is 62.1 Å². The van der Waals surface area contributed by atoms with Crippen LogP contribution in [0.25, 0.3) is 11.3 Å². The van der Waals surface area contributed by atoms with Gasteiger partial charge in [-0.2, -0.15) is 5.10 Å². The summed E-state index contributed by atoms with van der Waals surface area (Å²) in [7, 11) is 1.84. The quantitative estimate of drug-likeness (QED) is 0.512. The Hall–Kier alpha value is -3.46. The number of fused-ring (bicyclic) bond motifs is 2. The van der Waals surface area contributed by atoms with E-state index < -0.39 is 17.7 Å². The molecule has 0 atom stereocenters. The van der Waals surface area contributed by atoms with Gasteiger partial charge in [-0.3, -0.25) is 9.58 Å². The molecule has 2 amide bonds. The lowest BCUT2D eigenvalue weighted by Gasteiger charge is -2.22. The Balaban J connectivity index is 1.29. The first-order valence-corrected chi connectivity index (χ1v) is 11.5. The summed E-state index contributed by atoms with van der Waals surface area (Å²) in [6, 6.07) is 10.9. The number of anilines is 2. The van der Waals surface area contributed by atoms with Crippen molar-refractivity contribution >= 4 is 17.4 Å². The minimum atomic E-state index is -0.846. The number of urea groups is 1. The molecule has 0 aliphatic carbocycles. The van der Waals surface area contributed by atoms with E-state index in [1.807, 2.05) is 19.2 Å². The molecule has 2 aliphatic rings. The van der Waals surface area contributed by atoms with Crippen LogP contribution >= 0.6 is 0 Å². The zero-order chi connectivity index (χ0) is 23.7. The highest BCUT2D eigenvalue weighted by Crippen LogP contribution is 2.37. The van der Waals surface area contributed by atoms with Gasteiger partial charge in [0.2, 0.25) is 0 Å². The first-order valence-electron chi connectivity index (χ1n) is 11.5. The van der Waals surface area contributed by atoms with E-state index in [2.05, 4.69) is 20.6 Å². The Labute approximate surface area is 196 Å². The number of rotatable bonds is 7. The number of nitrogens with zero attached hydrogens (tertiary/aromatic N) is 3. The molecule has 9 heteroatoms. The molecule has 0 spiro atoms. The molecule has 2 N–H and O–H groups in total. The SMILES string of the molecule is Cn1nccc1-c1cc(NC(=O)Nc2ccc(F)cc2F)ccc1OCCN1C2CCC1CC2. The number of hydrogen-bond acceptors (Lipinski definition) is 4. The fraction of sp³-hybridized carbons (Fsp3) is 0.360. The van der Waals surface area contributed by atoms with Gasteiger partial charge < -0.3 is 15.4 Å². The summed E-state index contributed by atoms with van der Waals surface area (Å²) >= 11 is 0. The van der Waals surface area contributed by atoms with E-state index in [-0.39, 0.29) is 5.69 Å². The molecule has 7 nitrogen and oxygen atoms in total. The van der Waals surface area contributed by atoms with Gasteiger partial charge in [0.1, 0.15) is 24.0 Å². The van der Waals surface area contributed by atoms with Gasteiger partial charge in [-0.25, -0.2) is 13.6 Å². The zero-order valence-corrected chi connectivity index (χ0v) is 18.9. The fourth-order valence-electron chi connectivity index (χ4n) is 5.09. The van der Waals surface area contributed by atoms with Crippen molar-refractivity contribution in [3.8, 4) is 17.0 Å². The van der Waals surface area contributed by atoms with Gasteiger partial charge in [-0.15, -0.1) is 0 Å². The van der Waals surface area contributed by atoms with Crippen molar-refractivity contribution < 1.29 is 18.3 Å². The number of carbonyl (C=O) groups excluding carboxylic acids is 1. The minimum Gasteiger partial charge on any atom is -0.492 e. The standard InChI is InChI=1S/C25H27F2N5O2/c1-31-23(10-11-28-31)20-15-17(29-25(33)30-22-8-2-16(26)14-21(22)27)3-9-24(20)34-13-12-32-18-4-5-19(32)7-6-18/h2-3,8-11,14-15,18-19H,4-7,12-13H2,1H3,(H2,29,30,33). The molecule has 34 heavy (non-hydrogen) atoms. The lowest BCUT2D eigenvalue weighted by atomic mass is 10.0. The summed E-state index contributed by atoms with van der Waals surface area (Å²) in [5, 5.41) is 9.35. The number of hydrogen-bond donors (Lipinski definition) is 2. The maximum Gasteiger partial charge on any atom is 0.323 e. The summed E-state index contributed by atoms with van der Waals surface area (Å²) in [6.07, 6.45) is 6.85. The zero-order valence-electron chi connectivity index (χ0n) is 18.9. The third kappa shape index (κ3) is 4.61. The molecule has 2 aliphatic heterocycles. The van der Waals surface area contributed by atoms with Crippen LogP contribution < -0.4 is 15.4 Å². The molecule has 2 aromatic carbocycles. The number of ether oxygens (including phenoxy) is 1. The van der Waals surface area contributed by atoms with Crippen LogP contribution in [0.3, 0.4) is 0 Å². The predicted octanol–water partition coefficient (Wildman–Crippen LogP) is 5.01. The molecule has 3 heterocycles. The number of carbonyl (C=O) groups is 1. The number of benzene rings is 2. The fourth-order valence-corrected chi connectivity index (χ4v) is 5.09. The Bertz CT molecular complexity index is 1180. The van der Waals surface area contributed by atoms with E-state index in [9.17, 15) is 13.6 Å². The van der Waals surface area contributed by atoms with Crippen LogP contribution in [0.15, 0.2) is 48.7 Å². The highest BCUT2D eigenvalue weighted by molar-refractivity contribution is 6.00. The Kier molecular flexibility index (Phi) is 6.19. The molecule has 2 fully saturated rings. The van der Waals surface area contributed by atoms with Crippen molar-refractivity contribution in [2.45, 2.75) is 37.8 Å². The Morgan fingerprint density at radius 3 is 2.50 bits per heavy atom. The number of amides is 2. The second-order valence-electron chi connectivity index (χ2n) is 8.80. The summed E-state index contributed by atoms with van der Waals surface area (Å²) in [5.41, 5.74) is 2.02. The number of aryl methyl sites for hydroxylation is 1. The molecular weight excluding hydrogens is 440 g/mol. The maximum absolute atomic E-state index is 13.9. The average Bonchev–Trinajstić information content (AvgIpc) is 3.52. The lowest BCUT2D eigenvalue weighted by Crippen LogP contribution is -2.32. The molecule has 0 radical (unpaired) electrons. The molecule has 3 aromatic rings. The highest BCUT2D eigenvalue weighted by Gasteiger charge is 2.38. The molecule has 1 aromatic heterocycles. The largest absolute Gasteiger partial charge is 0.492 e. The van der Waals surface area contributed by atoms with Crippen molar-refractivity contribution in [2.75, 3.05) is 23.8 Å². The maximum atomic E-state index is 13.9. The topological polar surface area (TPSA) is 71.4 Å². The van der Waals surface area contributed by atoms with Crippen molar-refractivity contribution in [1.29, 1.82) is 0 Å². The molecule has 0 saturated carbocycles. The second kappa shape index (κ2) is 9.42. The molecule has 2 saturated heterocycles. The Morgan fingerprint density at radius 2 is 1.82 bits per heavy atom. The summed E-state index contributed by atoms with van der Waals surface area (Å²) in [5.74, 6) is -0.858. The third-order valence-corrected chi connectivity index (χ3v) is 6.72. The highest BCUT2D eigenvalue weighted by atomic mass is 19.1. The predicted molar refractivity (Wildman–Crippen MR) is 126 cm³/mol. The number of aromatic nitrogens is 2. The van der Waals surface area contributed by atoms with Gasteiger partial charge in [0.05, 0.1) is 11.4 Å². The smallest absolute Gasteiger partial charge is 0.323 e. The van der Waals surface area contributed by atoms with E-state index in [0.717, 1.165) is 29.9 Å². The van der Waals surface area contributed by atoms with Crippen LogP contribution in [-0.2, 0) is 7.05 Å². The van der Waals surface area contributed by atoms with E-state index in [1.165, 1.54) is 31.7 Å². The first-order chi connectivity index (χ1) is 16.5. The van der Waals surface area contributed by atoms with Crippen LogP contribution in [-0.4, -0.2) is 45.9 Å². The molecule has 2 bridgehead atoms. The summed E-state index contributed by atoms with van der Waals surface area (Å²) in [4.78, 5) is 15.0. The average molecular weight is 468 g/mol. The normalized spacial score (nSPS) is 19.4. The van der Waals surface area contributed by atoms with Crippen molar-refractivity contribution in [3.05, 3.63) is 60.3 Å².